The molecule has 0 aromatic heterocycles. The Hall–Kier alpha value is -0.580. The Kier molecular flexibility index (Phi) is 4.38. The lowest BCUT2D eigenvalue weighted by Crippen LogP contribution is -2.22. The van der Waals surface area contributed by atoms with Gasteiger partial charge >= 0.3 is 0 Å². The average Bonchev–Trinajstić information content (AvgIpc) is 2.14. The highest BCUT2D eigenvalue weighted by Gasteiger charge is 2.09. The predicted molar refractivity (Wildman–Crippen MR) is 59.3 cm³/mol. The first-order chi connectivity index (χ1) is 6.65. The van der Waals surface area contributed by atoms with E-state index in [1.54, 1.807) is 6.07 Å². The van der Waals surface area contributed by atoms with Crippen LogP contribution in [0.15, 0.2) is 22.7 Å². The number of hydrogen-bond donors (Lipinski definition) is 3. The lowest BCUT2D eigenvalue weighted by atomic mass is 10.1. The van der Waals surface area contributed by atoms with Crippen molar-refractivity contribution in [2.24, 2.45) is 0 Å². The van der Waals surface area contributed by atoms with Crippen molar-refractivity contribution in [3.05, 3.63) is 28.2 Å². The molecule has 0 aliphatic carbocycles. The van der Waals surface area contributed by atoms with Crippen LogP contribution in [0.3, 0.4) is 0 Å². The lowest BCUT2D eigenvalue weighted by molar-refractivity contribution is 0.285. The summed E-state index contributed by atoms with van der Waals surface area (Å²) in [7, 11) is 0. The molecule has 0 saturated carbocycles. The first kappa shape index (κ1) is 11.5. The molecule has 0 spiro atoms. The van der Waals surface area contributed by atoms with Gasteiger partial charge in [-0.05, 0) is 19.1 Å². The third-order valence-corrected chi connectivity index (χ3v) is 2.51. The first-order valence-electron chi connectivity index (χ1n) is 4.48. The van der Waals surface area contributed by atoms with Gasteiger partial charge in [0.2, 0.25) is 0 Å². The molecule has 78 valence electrons. The van der Waals surface area contributed by atoms with E-state index in [1.807, 2.05) is 19.1 Å². The van der Waals surface area contributed by atoms with E-state index in [-0.39, 0.29) is 18.4 Å². The molecule has 0 amide bonds. The molecule has 0 radical (unpaired) electrons. The zero-order chi connectivity index (χ0) is 10.6. The predicted octanol–water partition coefficient (Wildman–Crippen LogP) is 1.80. The van der Waals surface area contributed by atoms with Crippen molar-refractivity contribution in [3.8, 4) is 5.75 Å². The second kappa shape index (κ2) is 5.34. The van der Waals surface area contributed by atoms with Crippen LogP contribution in [-0.4, -0.2) is 23.4 Å². The van der Waals surface area contributed by atoms with Crippen LogP contribution < -0.4 is 5.32 Å². The van der Waals surface area contributed by atoms with Gasteiger partial charge in [-0.15, -0.1) is 0 Å². The monoisotopic (exact) mass is 259 g/mol. The summed E-state index contributed by atoms with van der Waals surface area (Å²) < 4.78 is 0.855. The summed E-state index contributed by atoms with van der Waals surface area (Å²) in [4.78, 5) is 0. The van der Waals surface area contributed by atoms with E-state index < -0.39 is 0 Å². The maximum atomic E-state index is 9.63. The highest BCUT2D eigenvalue weighted by Crippen LogP contribution is 2.27. The van der Waals surface area contributed by atoms with Gasteiger partial charge in [0.1, 0.15) is 5.75 Å². The van der Waals surface area contributed by atoms with Gasteiger partial charge < -0.3 is 15.5 Å². The number of halogens is 1. The van der Waals surface area contributed by atoms with Gasteiger partial charge in [0.25, 0.3) is 0 Å². The summed E-state index contributed by atoms with van der Waals surface area (Å²) in [6, 6.07) is 5.43. The van der Waals surface area contributed by atoms with Gasteiger partial charge in [-0.1, -0.05) is 22.0 Å². The summed E-state index contributed by atoms with van der Waals surface area (Å²) in [6.07, 6.45) is 0. The van der Waals surface area contributed by atoms with Crippen molar-refractivity contribution >= 4 is 15.9 Å². The Morgan fingerprint density at radius 1 is 1.50 bits per heavy atom. The molecule has 1 aromatic carbocycles. The van der Waals surface area contributed by atoms with E-state index in [1.165, 1.54) is 0 Å². The van der Waals surface area contributed by atoms with Gasteiger partial charge in [0.05, 0.1) is 6.61 Å². The van der Waals surface area contributed by atoms with Crippen LogP contribution in [0, 0.1) is 0 Å². The maximum absolute atomic E-state index is 9.63. The number of hydrogen-bond acceptors (Lipinski definition) is 3. The molecule has 14 heavy (non-hydrogen) atoms. The van der Waals surface area contributed by atoms with E-state index in [9.17, 15) is 5.11 Å². The number of aliphatic hydroxyl groups excluding tert-OH is 1. The third-order valence-electron chi connectivity index (χ3n) is 2.02. The van der Waals surface area contributed by atoms with Crippen LogP contribution >= 0.6 is 15.9 Å². The van der Waals surface area contributed by atoms with Crippen molar-refractivity contribution < 1.29 is 10.2 Å². The molecule has 1 atom stereocenters. The Morgan fingerprint density at radius 3 is 2.79 bits per heavy atom. The van der Waals surface area contributed by atoms with Crippen molar-refractivity contribution in [1.29, 1.82) is 0 Å². The minimum absolute atomic E-state index is 0.0373. The molecule has 3 nitrogen and oxygen atoms in total. The molecular weight excluding hydrogens is 246 g/mol. The van der Waals surface area contributed by atoms with E-state index in [0.29, 0.717) is 6.54 Å². The Balaban J connectivity index is 2.74. The second-order valence-electron chi connectivity index (χ2n) is 3.10. The second-order valence-corrected chi connectivity index (χ2v) is 4.02. The van der Waals surface area contributed by atoms with Crippen LogP contribution in [0.2, 0.25) is 0 Å². The molecule has 0 heterocycles. The fourth-order valence-electron chi connectivity index (χ4n) is 1.27. The van der Waals surface area contributed by atoms with Gasteiger partial charge in [0.15, 0.2) is 0 Å². The molecule has 0 bridgehead atoms. The summed E-state index contributed by atoms with van der Waals surface area (Å²) >= 11 is 3.28. The van der Waals surface area contributed by atoms with E-state index in [0.717, 1.165) is 10.0 Å². The molecule has 3 N–H and O–H groups in total. The quantitative estimate of drug-likeness (QED) is 0.773. The van der Waals surface area contributed by atoms with Crippen LogP contribution in [0.25, 0.3) is 0 Å². The number of nitrogens with one attached hydrogen (secondary N) is 1. The van der Waals surface area contributed by atoms with Crippen molar-refractivity contribution in [3.63, 3.8) is 0 Å². The number of aliphatic hydroxyl groups is 1. The van der Waals surface area contributed by atoms with Crippen LogP contribution in [0.1, 0.15) is 18.5 Å². The normalized spacial score (nSPS) is 12.8. The number of phenolic OH excluding ortho intramolecular Hbond substituents is 1. The van der Waals surface area contributed by atoms with Gasteiger partial charge in [-0.3, -0.25) is 0 Å². The zero-order valence-corrected chi connectivity index (χ0v) is 9.58. The molecule has 0 aliphatic rings. The van der Waals surface area contributed by atoms with Crippen LogP contribution in [-0.2, 0) is 0 Å². The Morgan fingerprint density at radius 2 is 2.21 bits per heavy atom. The number of phenols is 1. The zero-order valence-electron chi connectivity index (χ0n) is 8.00. The van der Waals surface area contributed by atoms with E-state index >= 15 is 0 Å². The smallest absolute Gasteiger partial charge is 0.121 e. The number of benzene rings is 1. The summed E-state index contributed by atoms with van der Waals surface area (Å²) in [5.74, 6) is 0.261. The summed E-state index contributed by atoms with van der Waals surface area (Å²) in [6.45, 7) is 2.57. The van der Waals surface area contributed by atoms with Crippen LogP contribution in [0.4, 0.5) is 0 Å². The highest BCUT2D eigenvalue weighted by atomic mass is 79.9. The Bertz CT molecular complexity index is 304. The number of aromatic hydroxyl groups is 1. The summed E-state index contributed by atoms with van der Waals surface area (Å²) in [5, 5.41) is 21.4. The van der Waals surface area contributed by atoms with Crippen molar-refractivity contribution in [2.75, 3.05) is 13.2 Å². The molecule has 0 fully saturated rings. The van der Waals surface area contributed by atoms with Crippen LogP contribution in [0.5, 0.6) is 5.75 Å². The largest absolute Gasteiger partial charge is 0.508 e. The molecule has 0 aliphatic heterocycles. The number of rotatable bonds is 4. The third kappa shape index (κ3) is 2.97. The molecule has 4 heteroatoms. The van der Waals surface area contributed by atoms with Gasteiger partial charge in [-0.25, -0.2) is 0 Å². The molecule has 1 rings (SSSR count). The highest BCUT2D eigenvalue weighted by molar-refractivity contribution is 9.10. The topological polar surface area (TPSA) is 52.5 Å². The average molecular weight is 260 g/mol. The van der Waals surface area contributed by atoms with Crippen molar-refractivity contribution in [2.45, 2.75) is 13.0 Å². The van der Waals surface area contributed by atoms with Gasteiger partial charge in [0, 0.05) is 22.6 Å². The Labute approximate surface area is 91.9 Å². The minimum Gasteiger partial charge on any atom is -0.508 e. The fourth-order valence-corrected chi connectivity index (χ4v) is 1.62. The lowest BCUT2D eigenvalue weighted by Gasteiger charge is -2.14. The maximum Gasteiger partial charge on any atom is 0.121 e. The van der Waals surface area contributed by atoms with Gasteiger partial charge in [-0.2, -0.15) is 0 Å². The molecule has 1 aromatic rings. The molecule has 0 saturated heterocycles. The minimum atomic E-state index is 0.0373. The SMILES string of the molecule is CC(NCCO)c1ccc(Br)cc1O. The molecule has 1 unspecified atom stereocenters. The molecular formula is C10H14BrNO2. The standard InChI is InChI=1S/C10H14BrNO2/c1-7(12-4-5-13)9-3-2-8(11)6-10(9)14/h2-3,6-7,12-14H,4-5H2,1H3. The fraction of sp³-hybridized carbons (Fsp3) is 0.400. The van der Waals surface area contributed by atoms with E-state index in [4.69, 9.17) is 5.11 Å². The van der Waals surface area contributed by atoms with E-state index in [2.05, 4.69) is 21.2 Å². The van der Waals surface area contributed by atoms with Crippen molar-refractivity contribution in [1.82, 2.24) is 5.32 Å². The summed E-state index contributed by atoms with van der Waals surface area (Å²) in [5.41, 5.74) is 0.835. The first-order valence-corrected chi connectivity index (χ1v) is 5.27.